The minimum absolute atomic E-state index is 0.101. The van der Waals surface area contributed by atoms with Crippen LogP contribution in [0.3, 0.4) is 0 Å². The number of hydrogen-bond donors (Lipinski definition) is 3. The van der Waals surface area contributed by atoms with Gasteiger partial charge in [-0.2, -0.15) is 0 Å². The number of allylic oxidation sites excluding steroid dienone is 4. The van der Waals surface area contributed by atoms with E-state index in [1.54, 1.807) is 0 Å². The molecule has 0 bridgehead atoms. The molecular weight excluding hydrogens is 1110 g/mol. The van der Waals surface area contributed by atoms with Gasteiger partial charge < -0.3 is 33.8 Å². The summed E-state index contributed by atoms with van der Waals surface area (Å²) in [5.41, 5.74) is 0. The molecule has 2 unspecified atom stereocenters. The number of rotatable bonds is 64. The number of carbonyl (C=O) groups excluding carboxylic acids is 4. The molecular formula is C65H122O17P2. The molecule has 3 N–H and O–H groups in total. The Balaban J connectivity index is 5.19. The topological polar surface area (TPSA) is 237 Å². The van der Waals surface area contributed by atoms with E-state index in [-0.39, 0.29) is 25.7 Å². The smallest absolute Gasteiger partial charge is 0.462 e. The van der Waals surface area contributed by atoms with E-state index in [1.807, 2.05) is 0 Å². The molecule has 0 aromatic rings. The van der Waals surface area contributed by atoms with Gasteiger partial charge in [0.05, 0.1) is 26.4 Å². The first-order valence-corrected chi connectivity index (χ1v) is 36.6. The van der Waals surface area contributed by atoms with Crippen LogP contribution in [0.1, 0.15) is 310 Å². The van der Waals surface area contributed by atoms with Gasteiger partial charge in [0, 0.05) is 25.7 Å². The second-order valence-electron chi connectivity index (χ2n) is 22.8. The van der Waals surface area contributed by atoms with Crippen molar-refractivity contribution >= 4 is 39.5 Å². The molecule has 0 rings (SSSR count). The summed E-state index contributed by atoms with van der Waals surface area (Å²) < 4.78 is 67.7. The van der Waals surface area contributed by atoms with Gasteiger partial charge in [-0.25, -0.2) is 9.13 Å². The van der Waals surface area contributed by atoms with Gasteiger partial charge in [-0.3, -0.25) is 37.3 Å². The van der Waals surface area contributed by atoms with E-state index in [9.17, 15) is 43.2 Å². The van der Waals surface area contributed by atoms with Gasteiger partial charge in [0.2, 0.25) is 0 Å². The molecule has 5 atom stereocenters. The molecule has 19 heteroatoms. The molecule has 0 saturated carbocycles. The molecule has 0 fully saturated rings. The summed E-state index contributed by atoms with van der Waals surface area (Å²) in [5, 5.41) is 10.5. The first kappa shape index (κ1) is 81.5. The van der Waals surface area contributed by atoms with E-state index >= 15 is 0 Å². The molecule has 0 aliphatic rings. The van der Waals surface area contributed by atoms with E-state index in [0.717, 1.165) is 122 Å². The predicted molar refractivity (Wildman–Crippen MR) is 335 cm³/mol. The number of phosphoric acid groups is 2. The normalized spacial score (nSPS) is 14.3. The van der Waals surface area contributed by atoms with Crippen LogP contribution >= 0.6 is 15.6 Å². The number of carbonyl (C=O) groups is 4. The van der Waals surface area contributed by atoms with Crippen molar-refractivity contribution in [1.29, 1.82) is 0 Å². The number of unbranched alkanes of at least 4 members (excludes halogenated alkanes) is 35. The fraction of sp³-hybridized carbons (Fsp3) is 0.877. The summed E-state index contributed by atoms with van der Waals surface area (Å²) in [6.07, 6.45) is 48.5. The van der Waals surface area contributed by atoms with Crippen molar-refractivity contribution in [2.75, 3.05) is 39.6 Å². The maximum Gasteiger partial charge on any atom is 0.472 e. The van der Waals surface area contributed by atoms with Crippen LogP contribution in [0.4, 0.5) is 0 Å². The Morgan fingerprint density at radius 3 is 0.869 bits per heavy atom. The van der Waals surface area contributed by atoms with E-state index in [4.69, 9.17) is 37.0 Å². The fourth-order valence-electron chi connectivity index (χ4n) is 9.27. The average molecular weight is 1240 g/mol. The number of aliphatic hydroxyl groups is 1. The first-order chi connectivity index (χ1) is 40.7. The third kappa shape index (κ3) is 58.6. The van der Waals surface area contributed by atoms with Crippen molar-refractivity contribution in [3.05, 3.63) is 24.3 Å². The predicted octanol–water partition coefficient (Wildman–Crippen LogP) is 17.9. The number of esters is 4. The molecule has 0 aliphatic carbocycles. The van der Waals surface area contributed by atoms with E-state index in [2.05, 4.69) is 52.0 Å². The van der Waals surface area contributed by atoms with E-state index in [0.29, 0.717) is 25.7 Å². The number of phosphoric ester groups is 2. The molecule has 0 radical (unpaired) electrons. The number of hydrogen-bond acceptors (Lipinski definition) is 15. The van der Waals surface area contributed by atoms with Crippen molar-refractivity contribution < 1.29 is 80.2 Å². The second kappa shape index (κ2) is 59.5. The minimum atomic E-state index is -4.95. The maximum absolute atomic E-state index is 13.0. The summed E-state index contributed by atoms with van der Waals surface area (Å²) in [4.78, 5) is 71.9. The van der Waals surface area contributed by atoms with Crippen LogP contribution in [0.5, 0.6) is 0 Å². The molecule has 0 aliphatic heterocycles. The maximum atomic E-state index is 13.0. The molecule has 0 saturated heterocycles. The van der Waals surface area contributed by atoms with Crippen molar-refractivity contribution in [2.45, 2.75) is 329 Å². The van der Waals surface area contributed by atoms with Gasteiger partial charge >= 0.3 is 39.5 Å². The van der Waals surface area contributed by atoms with Crippen LogP contribution in [0, 0.1) is 0 Å². The second-order valence-corrected chi connectivity index (χ2v) is 25.7. The molecule has 0 spiro atoms. The van der Waals surface area contributed by atoms with Gasteiger partial charge in [0.25, 0.3) is 0 Å². The Morgan fingerprint density at radius 2 is 0.571 bits per heavy atom. The lowest BCUT2D eigenvalue weighted by atomic mass is 10.0. The Morgan fingerprint density at radius 1 is 0.333 bits per heavy atom. The Bertz CT molecular complexity index is 1710. The fourth-order valence-corrected chi connectivity index (χ4v) is 10.8. The third-order valence-corrected chi connectivity index (χ3v) is 16.4. The van der Waals surface area contributed by atoms with Crippen molar-refractivity contribution in [2.24, 2.45) is 0 Å². The largest absolute Gasteiger partial charge is 0.472 e. The minimum Gasteiger partial charge on any atom is -0.462 e. The molecule has 494 valence electrons. The Labute approximate surface area is 510 Å². The highest BCUT2D eigenvalue weighted by Gasteiger charge is 2.30. The highest BCUT2D eigenvalue weighted by atomic mass is 31.2. The lowest BCUT2D eigenvalue weighted by Crippen LogP contribution is -2.30. The van der Waals surface area contributed by atoms with E-state index < -0.39 is 97.5 Å². The molecule has 17 nitrogen and oxygen atoms in total. The first-order valence-electron chi connectivity index (χ1n) is 33.6. The van der Waals surface area contributed by atoms with Crippen molar-refractivity contribution in [3.8, 4) is 0 Å². The standard InChI is InChI=1S/C65H122O17P2/c1-5-9-13-17-20-23-25-27-29-31-33-35-37-40-44-48-52-65(70)82-61(56-76-63(68)50-46-42-39-36-34-32-30-28-26-24-21-18-14-10-6-2)58-80-84(73,74)78-54-59(66)53-77-83(71,72)79-57-60(55-75-62(67)49-45-41-16-12-8-4)81-64(69)51-47-43-38-22-19-15-11-7-3/h24,26,28,30,59-61,66H,5-23,25,27,29,31-58H2,1-4H3,(H,71,72)(H,73,74)/b26-24-,30-28-/t59-,60+,61+/m0/s1. The van der Waals surface area contributed by atoms with Gasteiger partial charge in [-0.05, 0) is 51.4 Å². The zero-order valence-corrected chi connectivity index (χ0v) is 55.1. The number of aliphatic hydroxyl groups excluding tert-OH is 1. The van der Waals surface area contributed by atoms with Crippen LogP contribution in [0.15, 0.2) is 24.3 Å². The molecule has 0 aromatic carbocycles. The highest BCUT2D eigenvalue weighted by molar-refractivity contribution is 7.47. The Kier molecular flexibility index (Phi) is 57.8. The van der Waals surface area contributed by atoms with Crippen LogP contribution in [0.2, 0.25) is 0 Å². The van der Waals surface area contributed by atoms with Gasteiger partial charge in [0.1, 0.15) is 19.3 Å². The Hall–Kier alpha value is -2.46. The summed E-state index contributed by atoms with van der Waals surface area (Å²) in [7, 11) is -9.89. The molecule has 84 heavy (non-hydrogen) atoms. The van der Waals surface area contributed by atoms with Crippen molar-refractivity contribution in [3.63, 3.8) is 0 Å². The summed E-state index contributed by atoms with van der Waals surface area (Å²) in [6, 6.07) is 0. The van der Waals surface area contributed by atoms with Crippen molar-refractivity contribution in [1.82, 2.24) is 0 Å². The molecule has 0 heterocycles. The quantitative estimate of drug-likeness (QED) is 0.0169. The zero-order valence-electron chi connectivity index (χ0n) is 53.3. The van der Waals surface area contributed by atoms with Gasteiger partial charge in [-0.15, -0.1) is 0 Å². The van der Waals surface area contributed by atoms with Crippen LogP contribution in [-0.4, -0.2) is 96.7 Å². The lowest BCUT2D eigenvalue weighted by Gasteiger charge is -2.21. The lowest BCUT2D eigenvalue weighted by molar-refractivity contribution is -0.161. The zero-order chi connectivity index (χ0) is 61.9. The van der Waals surface area contributed by atoms with Crippen LogP contribution in [-0.2, 0) is 65.4 Å². The van der Waals surface area contributed by atoms with Gasteiger partial charge in [-0.1, -0.05) is 257 Å². The monoisotopic (exact) mass is 1240 g/mol. The SMILES string of the molecule is CCCCCC/C=C\C=C/CCCCCCCC(=O)OC[C@H](COP(=O)(O)OC[C@@H](O)COP(=O)(O)OC[C@@H](COC(=O)CCCCCCC)OC(=O)CCCCCCCCCC)OC(=O)CCCCCCCCCCCCCCCCCC. The highest BCUT2D eigenvalue weighted by Crippen LogP contribution is 2.45. The summed E-state index contributed by atoms with van der Waals surface area (Å²) in [5.74, 6) is -2.17. The van der Waals surface area contributed by atoms with E-state index in [1.165, 1.54) is 109 Å². The summed E-state index contributed by atoms with van der Waals surface area (Å²) >= 11 is 0. The summed E-state index contributed by atoms with van der Waals surface area (Å²) in [6.45, 7) is 4.72. The van der Waals surface area contributed by atoms with Crippen LogP contribution in [0.25, 0.3) is 0 Å². The van der Waals surface area contributed by atoms with Gasteiger partial charge in [0.15, 0.2) is 12.2 Å². The molecule has 0 amide bonds. The van der Waals surface area contributed by atoms with Crippen LogP contribution < -0.4 is 0 Å². The molecule has 0 aromatic heterocycles. The third-order valence-electron chi connectivity index (χ3n) is 14.5. The number of ether oxygens (including phenoxy) is 4. The average Bonchev–Trinajstić information content (AvgIpc) is 3.55.